The number of nitrogens with one attached hydrogen (secondary N) is 2. The average Bonchev–Trinajstić information content (AvgIpc) is 3.10. The van der Waals surface area contributed by atoms with Gasteiger partial charge in [-0.25, -0.2) is 14.3 Å². The molecule has 3 rings (SSSR count). The first-order valence-electron chi connectivity index (χ1n) is 9.31. The minimum atomic E-state index is -1.27. The molecule has 2 N–H and O–H groups in total. The van der Waals surface area contributed by atoms with E-state index >= 15 is 0 Å². The molecule has 1 aromatic heterocycles. The van der Waals surface area contributed by atoms with Crippen molar-refractivity contribution in [1.29, 1.82) is 0 Å². The molecule has 3 amide bonds. The number of esters is 1. The molecule has 154 valence electrons. The summed E-state index contributed by atoms with van der Waals surface area (Å²) in [5, 5.41) is 8.85. The molecular formula is C22H22N4O4. The number of ether oxygens (including phenoxy) is 1. The summed E-state index contributed by atoms with van der Waals surface area (Å²) in [4.78, 5) is 36.7. The Kier molecular flexibility index (Phi) is 6.26. The van der Waals surface area contributed by atoms with Gasteiger partial charge in [0.05, 0.1) is 16.9 Å². The minimum Gasteiger partial charge on any atom is -0.444 e. The number of aryl methyl sites for hydroxylation is 2. The third-order valence-electron chi connectivity index (χ3n) is 4.39. The Bertz CT molecular complexity index is 1060. The van der Waals surface area contributed by atoms with Crippen molar-refractivity contribution in [2.75, 3.05) is 7.05 Å². The Labute approximate surface area is 173 Å². The fraction of sp³-hybridized carbons (Fsp3) is 0.182. The average molecular weight is 406 g/mol. The smallest absolute Gasteiger partial charge is 0.339 e. The lowest BCUT2D eigenvalue weighted by Gasteiger charge is -2.17. The quantitative estimate of drug-likeness (QED) is 0.635. The van der Waals surface area contributed by atoms with Gasteiger partial charge in [-0.2, -0.15) is 5.10 Å². The van der Waals surface area contributed by atoms with Gasteiger partial charge >= 0.3 is 12.0 Å². The number of benzene rings is 2. The number of carbonyl (C=O) groups excluding carboxylic acids is 3. The Hall–Kier alpha value is -3.94. The fourth-order valence-electron chi connectivity index (χ4n) is 2.94. The minimum absolute atomic E-state index is 0.272. The predicted molar refractivity (Wildman–Crippen MR) is 110 cm³/mol. The van der Waals surface area contributed by atoms with Gasteiger partial charge in [-0.05, 0) is 44.2 Å². The SMILES string of the molecule is CNC(=O)NC(=O)[C@@H](OC(=O)c1ccc(-n2nc(C)cc2C)cc1)c1ccccc1. The summed E-state index contributed by atoms with van der Waals surface area (Å²) in [6.45, 7) is 3.85. The van der Waals surface area contributed by atoms with E-state index in [1.807, 2.05) is 19.9 Å². The highest BCUT2D eigenvalue weighted by atomic mass is 16.5. The van der Waals surface area contributed by atoms with Crippen LogP contribution in [0.4, 0.5) is 4.79 Å². The number of aromatic nitrogens is 2. The first-order chi connectivity index (χ1) is 14.4. The lowest BCUT2D eigenvalue weighted by molar-refractivity contribution is -0.129. The van der Waals surface area contributed by atoms with Crippen molar-refractivity contribution in [1.82, 2.24) is 20.4 Å². The van der Waals surface area contributed by atoms with E-state index in [9.17, 15) is 14.4 Å². The molecule has 2 aromatic carbocycles. The molecule has 0 radical (unpaired) electrons. The first kappa shape index (κ1) is 20.8. The van der Waals surface area contributed by atoms with E-state index in [0.29, 0.717) is 5.56 Å². The normalized spacial score (nSPS) is 11.4. The van der Waals surface area contributed by atoms with Gasteiger partial charge in [-0.3, -0.25) is 10.1 Å². The molecule has 0 saturated heterocycles. The van der Waals surface area contributed by atoms with Crippen molar-refractivity contribution in [3.8, 4) is 5.69 Å². The zero-order chi connectivity index (χ0) is 21.7. The zero-order valence-electron chi connectivity index (χ0n) is 16.9. The van der Waals surface area contributed by atoms with Crippen LogP contribution in [0.15, 0.2) is 60.7 Å². The maximum atomic E-state index is 12.7. The molecule has 0 bridgehead atoms. The van der Waals surface area contributed by atoms with Crippen LogP contribution in [0.2, 0.25) is 0 Å². The topological polar surface area (TPSA) is 102 Å². The number of hydrogen-bond acceptors (Lipinski definition) is 5. The fourth-order valence-corrected chi connectivity index (χ4v) is 2.94. The zero-order valence-corrected chi connectivity index (χ0v) is 16.9. The van der Waals surface area contributed by atoms with Crippen LogP contribution in [0.1, 0.15) is 33.4 Å². The second-order valence-corrected chi connectivity index (χ2v) is 6.65. The van der Waals surface area contributed by atoms with Gasteiger partial charge in [0.15, 0.2) is 0 Å². The monoisotopic (exact) mass is 406 g/mol. The summed E-state index contributed by atoms with van der Waals surface area (Å²) in [6, 6.07) is 16.5. The van der Waals surface area contributed by atoms with Crippen LogP contribution in [0.3, 0.4) is 0 Å². The van der Waals surface area contributed by atoms with Crippen molar-refractivity contribution in [3.63, 3.8) is 0 Å². The van der Waals surface area contributed by atoms with Crippen LogP contribution in [-0.4, -0.2) is 34.7 Å². The second-order valence-electron chi connectivity index (χ2n) is 6.65. The van der Waals surface area contributed by atoms with Crippen molar-refractivity contribution in [3.05, 3.63) is 83.2 Å². The third-order valence-corrected chi connectivity index (χ3v) is 4.39. The lowest BCUT2D eigenvalue weighted by Crippen LogP contribution is -2.41. The highest BCUT2D eigenvalue weighted by Gasteiger charge is 2.27. The van der Waals surface area contributed by atoms with Crippen molar-refractivity contribution in [2.24, 2.45) is 0 Å². The summed E-state index contributed by atoms with van der Waals surface area (Å²) in [7, 11) is 1.39. The molecule has 0 unspecified atom stereocenters. The highest BCUT2D eigenvalue weighted by molar-refractivity contribution is 5.99. The molecule has 0 aliphatic heterocycles. The molecule has 0 saturated carbocycles. The molecule has 3 aromatic rings. The first-order valence-corrected chi connectivity index (χ1v) is 9.31. The van der Waals surface area contributed by atoms with E-state index in [2.05, 4.69) is 15.7 Å². The summed E-state index contributed by atoms with van der Waals surface area (Å²) in [5.74, 6) is -1.43. The van der Waals surface area contributed by atoms with Crippen LogP contribution in [0.5, 0.6) is 0 Å². The number of urea groups is 1. The van der Waals surface area contributed by atoms with Gasteiger partial charge in [-0.15, -0.1) is 0 Å². The van der Waals surface area contributed by atoms with Gasteiger partial charge in [0.1, 0.15) is 0 Å². The van der Waals surface area contributed by atoms with Crippen molar-refractivity contribution >= 4 is 17.9 Å². The number of carbonyl (C=O) groups is 3. The van der Waals surface area contributed by atoms with Crippen LogP contribution in [0, 0.1) is 13.8 Å². The summed E-state index contributed by atoms with van der Waals surface area (Å²) in [6.07, 6.45) is -1.27. The number of nitrogens with zero attached hydrogens (tertiary/aromatic N) is 2. The highest BCUT2D eigenvalue weighted by Crippen LogP contribution is 2.20. The van der Waals surface area contributed by atoms with E-state index in [1.165, 1.54) is 7.05 Å². The molecule has 0 aliphatic rings. The van der Waals surface area contributed by atoms with Gasteiger partial charge in [0.25, 0.3) is 5.91 Å². The van der Waals surface area contributed by atoms with E-state index in [0.717, 1.165) is 17.1 Å². The molecule has 8 nitrogen and oxygen atoms in total. The Morgan fingerprint density at radius 2 is 1.67 bits per heavy atom. The van der Waals surface area contributed by atoms with Crippen molar-refractivity contribution in [2.45, 2.75) is 20.0 Å². The summed E-state index contributed by atoms with van der Waals surface area (Å²) < 4.78 is 7.22. The van der Waals surface area contributed by atoms with Crippen molar-refractivity contribution < 1.29 is 19.1 Å². The molecule has 8 heteroatoms. The Balaban J connectivity index is 1.80. The van der Waals surface area contributed by atoms with Crippen LogP contribution in [-0.2, 0) is 9.53 Å². The number of amides is 3. The van der Waals surface area contributed by atoms with Gasteiger partial charge in [0, 0.05) is 18.3 Å². The number of hydrogen-bond donors (Lipinski definition) is 2. The molecular weight excluding hydrogens is 384 g/mol. The van der Waals surface area contributed by atoms with Crippen LogP contribution >= 0.6 is 0 Å². The van der Waals surface area contributed by atoms with Gasteiger partial charge < -0.3 is 10.1 Å². The molecule has 30 heavy (non-hydrogen) atoms. The number of rotatable bonds is 5. The summed E-state index contributed by atoms with van der Waals surface area (Å²) in [5.41, 5.74) is 3.39. The molecule has 0 aliphatic carbocycles. The van der Waals surface area contributed by atoms with E-state index in [-0.39, 0.29) is 5.56 Å². The third kappa shape index (κ3) is 4.72. The standard InChI is InChI=1S/C22H22N4O4/c1-14-13-15(2)26(25-14)18-11-9-17(10-12-18)21(28)30-19(16-7-5-4-6-8-16)20(27)24-22(29)23-3/h4-13,19H,1-3H3,(H2,23,24,27,29)/t19-/m0/s1. The molecule has 0 fully saturated rings. The largest absolute Gasteiger partial charge is 0.444 e. The second kappa shape index (κ2) is 9.04. The molecule has 1 atom stereocenters. The molecule has 1 heterocycles. The Morgan fingerprint density at radius 1 is 1.00 bits per heavy atom. The van der Waals surface area contributed by atoms with E-state index < -0.39 is 24.0 Å². The van der Waals surface area contributed by atoms with Crippen LogP contribution < -0.4 is 10.6 Å². The lowest BCUT2D eigenvalue weighted by atomic mass is 10.1. The van der Waals surface area contributed by atoms with E-state index in [1.54, 1.807) is 59.3 Å². The summed E-state index contributed by atoms with van der Waals surface area (Å²) >= 11 is 0. The predicted octanol–water partition coefficient (Wildman–Crippen LogP) is 2.84. The molecule has 0 spiro atoms. The van der Waals surface area contributed by atoms with Crippen LogP contribution in [0.25, 0.3) is 5.69 Å². The Morgan fingerprint density at radius 3 is 2.23 bits per heavy atom. The maximum Gasteiger partial charge on any atom is 0.339 e. The van der Waals surface area contributed by atoms with E-state index in [4.69, 9.17) is 4.74 Å². The number of imide groups is 1. The maximum absolute atomic E-state index is 12.7. The van der Waals surface area contributed by atoms with Gasteiger partial charge in [0.2, 0.25) is 6.10 Å². The van der Waals surface area contributed by atoms with Gasteiger partial charge in [-0.1, -0.05) is 30.3 Å².